The van der Waals surface area contributed by atoms with Gasteiger partial charge in [-0.2, -0.15) is 0 Å². The van der Waals surface area contributed by atoms with Gasteiger partial charge in [-0.1, -0.05) is 36.4 Å². The molecule has 29 heavy (non-hydrogen) atoms. The molecule has 6 heteroatoms. The Morgan fingerprint density at radius 3 is 1.52 bits per heavy atom. The zero-order valence-corrected chi connectivity index (χ0v) is 17.2. The van der Waals surface area contributed by atoms with E-state index in [2.05, 4.69) is 27.5 Å². The number of nitrogens with one attached hydrogen (secondary N) is 2. The van der Waals surface area contributed by atoms with Crippen LogP contribution in [0, 0.1) is 0 Å². The zero-order valence-electron chi connectivity index (χ0n) is 17.2. The minimum Gasteiger partial charge on any atom is -0.462 e. The van der Waals surface area contributed by atoms with Crippen LogP contribution in [0.15, 0.2) is 48.5 Å². The molecule has 0 saturated heterocycles. The fraction of sp³-hybridized carbons (Fsp3) is 0.348. The van der Waals surface area contributed by atoms with Gasteiger partial charge < -0.3 is 15.4 Å². The summed E-state index contributed by atoms with van der Waals surface area (Å²) in [4.78, 5) is 31.4. The molecule has 0 spiro atoms. The van der Waals surface area contributed by atoms with E-state index in [4.69, 9.17) is 0 Å². The van der Waals surface area contributed by atoms with Crippen LogP contribution in [0.3, 0.4) is 0 Å². The summed E-state index contributed by atoms with van der Waals surface area (Å²) in [5, 5.41) is 5.64. The summed E-state index contributed by atoms with van der Waals surface area (Å²) < 4.78 is 4.55. The Kier molecular flexibility index (Phi) is 7.95. The Balaban J connectivity index is 0.000000161. The maximum atomic E-state index is 10.9. The van der Waals surface area contributed by atoms with Crippen LogP contribution in [0.1, 0.15) is 44.7 Å². The normalized spacial score (nSPS) is 14.3. The third-order valence-corrected chi connectivity index (χ3v) is 4.23. The van der Waals surface area contributed by atoms with E-state index in [1.165, 1.54) is 11.1 Å². The molecular weight excluding hydrogens is 368 g/mol. The maximum absolute atomic E-state index is 10.9. The number of anilines is 2. The second-order valence-electron chi connectivity index (χ2n) is 7.74. The van der Waals surface area contributed by atoms with E-state index in [9.17, 15) is 14.4 Å². The zero-order chi connectivity index (χ0) is 21.3. The lowest BCUT2D eigenvalue weighted by Gasteiger charge is -2.15. The van der Waals surface area contributed by atoms with Gasteiger partial charge in [-0.05, 0) is 56.9 Å². The SMILES string of the molecule is CC(C)(C)OC=O.O=C1CCc2ccccc2N1.O=C1CCc2ccccc2N1. The predicted octanol–water partition coefficient (Wildman–Crippen LogP) is 4.10. The van der Waals surface area contributed by atoms with Crippen molar-refractivity contribution < 1.29 is 19.1 Å². The molecule has 2 N–H and O–H groups in total. The Hall–Kier alpha value is -3.15. The first kappa shape index (κ1) is 22.1. The van der Waals surface area contributed by atoms with E-state index >= 15 is 0 Å². The molecule has 2 amide bonds. The number of carbonyl (C=O) groups excluding carboxylic acids is 3. The molecule has 0 fully saturated rings. The third kappa shape index (κ3) is 7.78. The minimum absolute atomic E-state index is 0.128. The van der Waals surface area contributed by atoms with Gasteiger partial charge in [-0.3, -0.25) is 14.4 Å². The summed E-state index contributed by atoms with van der Waals surface area (Å²) in [5.41, 5.74) is 4.12. The first-order chi connectivity index (χ1) is 13.8. The van der Waals surface area contributed by atoms with Crippen LogP contribution < -0.4 is 10.6 Å². The van der Waals surface area contributed by atoms with Crippen LogP contribution in [0.2, 0.25) is 0 Å². The van der Waals surface area contributed by atoms with Gasteiger partial charge in [-0.25, -0.2) is 0 Å². The minimum atomic E-state index is -0.318. The molecule has 4 rings (SSSR count). The number of ether oxygens (including phenoxy) is 1. The van der Waals surface area contributed by atoms with Crippen LogP contribution in [0.4, 0.5) is 11.4 Å². The lowest BCUT2D eigenvalue weighted by atomic mass is 10.0. The van der Waals surface area contributed by atoms with Gasteiger partial charge in [0.1, 0.15) is 5.60 Å². The lowest BCUT2D eigenvalue weighted by molar-refractivity contribution is -0.138. The molecule has 0 saturated carbocycles. The summed E-state index contributed by atoms with van der Waals surface area (Å²) >= 11 is 0. The van der Waals surface area contributed by atoms with Gasteiger partial charge in [0.15, 0.2) is 0 Å². The Bertz CT molecular complexity index is 794. The Labute approximate surface area is 171 Å². The van der Waals surface area contributed by atoms with Crippen LogP contribution in [-0.2, 0) is 32.0 Å². The number of para-hydroxylation sites is 2. The molecule has 0 radical (unpaired) electrons. The van der Waals surface area contributed by atoms with E-state index in [0.717, 1.165) is 24.2 Å². The largest absolute Gasteiger partial charge is 0.462 e. The predicted molar refractivity (Wildman–Crippen MR) is 114 cm³/mol. The van der Waals surface area contributed by atoms with E-state index in [-0.39, 0.29) is 17.4 Å². The summed E-state index contributed by atoms with van der Waals surface area (Å²) in [7, 11) is 0. The Morgan fingerprint density at radius 2 is 1.17 bits per heavy atom. The van der Waals surface area contributed by atoms with Gasteiger partial charge in [0, 0.05) is 24.2 Å². The second-order valence-corrected chi connectivity index (χ2v) is 7.74. The Morgan fingerprint density at radius 1 is 0.759 bits per heavy atom. The molecule has 2 aromatic carbocycles. The average Bonchev–Trinajstić information content (AvgIpc) is 2.68. The van der Waals surface area contributed by atoms with Crippen molar-refractivity contribution in [1.29, 1.82) is 0 Å². The monoisotopic (exact) mass is 396 g/mol. The van der Waals surface area contributed by atoms with Crippen molar-refractivity contribution in [2.75, 3.05) is 10.6 Å². The van der Waals surface area contributed by atoms with Gasteiger partial charge in [0.05, 0.1) is 0 Å². The summed E-state index contributed by atoms with van der Waals surface area (Å²) in [5.74, 6) is 0.257. The third-order valence-electron chi connectivity index (χ3n) is 4.23. The van der Waals surface area contributed by atoms with Crippen LogP contribution in [0.25, 0.3) is 0 Å². The molecule has 154 valence electrons. The number of hydrogen-bond donors (Lipinski definition) is 2. The standard InChI is InChI=1S/2C9H9NO.C5H10O2/c2*11-9-6-5-7-3-1-2-4-8(7)10-9;1-5(2,3)7-4-6/h2*1-4H,5-6H2,(H,10,11);4H,1-3H3. The van der Waals surface area contributed by atoms with Crippen LogP contribution in [0.5, 0.6) is 0 Å². The molecule has 2 aliphatic heterocycles. The number of rotatable bonds is 1. The number of aryl methyl sites for hydroxylation is 2. The van der Waals surface area contributed by atoms with Crippen molar-refractivity contribution >= 4 is 29.7 Å². The van der Waals surface area contributed by atoms with E-state index in [0.29, 0.717) is 19.3 Å². The molecular formula is C23H28N2O4. The highest BCUT2D eigenvalue weighted by atomic mass is 16.5. The van der Waals surface area contributed by atoms with Crippen molar-refractivity contribution in [3.05, 3.63) is 59.7 Å². The lowest BCUT2D eigenvalue weighted by Crippen LogP contribution is -2.18. The van der Waals surface area contributed by atoms with Crippen LogP contribution in [-0.4, -0.2) is 23.9 Å². The highest BCUT2D eigenvalue weighted by Crippen LogP contribution is 2.21. The molecule has 0 aliphatic carbocycles. The maximum Gasteiger partial charge on any atom is 0.293 e. The number of carbonyl (C=O) groups is 3. The van der Waals surface area contributed by atoms with Gasteiger partial charge in [0.25, 0.3) is 6.47 Å². The fourth-order valence-electron chi connectivity index (χ4n) is 2.79. The first-order valence-corrected chi connectivity index (χ1v) is 9.65. The molecule has 0 aromatic heterocycles. The van der Waals surface area contributed by atoms with E-state index < -0.39 is 0 Å². The highest BCUT2D eigenvalue weighted by Gasteiger charge is 2.13. The molecule has 2 aliphatic rings. The summed E-state index contributed by atoms with van der Waals surface area (Å²) in [6.45, 7) is 5.92. The van der Waals surface area contributed by atoms with Crippen molar-refractivity contribution in [2.24, 2.45) is 0 Å². The van der Waals surface area contributed by atoms with Crippen LogP contribution >= 0.6 is 0 Å². The number of benzene rings is 2. The summed E-state index contributed by atoms with van der Waals surface area (Å²) in [6, 6.07) is 15.8. The van der Waals surface area contributed by atoms with Crippen molar-refractivity contribution in [2.45, 2.75) is 52.1 Å². The molecule has 6 nitrogen and oxygen atoms in total. The summed E-state index contributed by atoms with van der Waals surface area (Å²) in [6.07, 6.45) is 3.00. The topological polar surface area (TPSA) is 84.5 Å². The van der Waals surface area contributed by atoms with Crippen molar-refractivity contribution in [1.82, 2.24) is 0 Å². The average molecular weight is 396 g/mol. The van der Waals surface area contributed by atoms with Gasteiger partial charge >= 0.3 is 0 Å². The first-order valence-electron chi connectivity index (χ1n) is 9.65. The van der Waals surface area contributed by atoms with Crippen molar-refractivity contribution in [3.63, 3.8) is 0 Å². The van der Waals surface area contributed by atoms with E-state index in [1.807, 2.05) is 57.2 Å². The highest BCUT2D eigenvalue weighted by molar-refractivity contribution is 5.94. The second kappa shape index (κ2) is 10.4. The molecule has 2 heterocycles. The molecule has 0 unspecified atom stereocenters. The van der Waals surface area contributed by atoms with Crippen molar-refractivity contribution in [3.8, 4) is 0 Å². The van der Waals surface area contributed by atoms with Gasteiger partial charge in [0.2, 0.25) is 11.8 Å². The van der Waals surface area contributed by atoms with Gasteiger partial charge in [-0.15, -0.1) is 0 Å². The fourth-order valence-corrected chi connectivity index (χ4v) is 2.79. The number of amides is 2. The number of fused-ring (bicyclic) bond motifs is 2. The molecule has 0 atom stereocenters. The quantitative estimate of drug-likeness (QED) is 0.711. The molecule has 2 aromatic rings. The van der Waals surface area contributed by atoms with E-state index in [1.54, 1.807) is 0 Å². The smallest absolute Gasteiger partial charge is 0.293 e. The molecule has 0 bridgehead atoms. The number of hydrogen-bond acceptors (Lipinski definition) is 4.